The van der Waals surface area contributed by atoms with E-state index in [1.165, 1.54) is 0 Å². The van der Waals surface area contributed by atoms with Crippen LogP contribution in [0.25, 0.3) is 0 Å². The fourth-order valence-electron chi connectivity index (χ4n) is 2.17. The van der Waals surface area contributed by atoms with Crippen LogP contribution in [-0.4, -0.2) is 31.5 Å². The molecule has 0 atom stereocenters. The SMILES string of the molecule is O=C(CCCOc1ccc(Cl)cc1Cl)NCCNC(=O)c1ccccc1. The maximum atomic E-state index is 11.8. The number of benzene rings is 2. The zero-order chi connectivity index (χ0) is 18.8. The number of nitrogens with one attached hydrogen (secondary N) is 2. The summed E-state index contributed by atoms with van der Waals surface area (Å²) < 4.78 is 5.52. The molecule has 0 unspecified atom stereocenters. The molecule has 2 rings (SSSR count). The van der Waals surface area contributed by atoms with Gasteiger partial charge >= 0.3 is 0 Å². The molecule has 0 aliphatic rings. The fourth-order valence-corrected chi connectivity index (χ4v) is 2.63. The average molecular weight is 395 g/mol. The Labute approximate surface area is 162 Å². The summed E-state index contributed by atoms with van der Waals surface area (Å²) >= 11 is 11.8. The van der Waals surface area contributed by atoms with Crippen molar-refractivity contribution in [2.75, 3.05) is 19.7 Å². The maximum Gasteiger partial charge on any atom is 0.251 e. The molecular formula is C19H20Cl2N2O3. The Balaban J connectivity index is 1.56. The van der Waals surface area contributed by atoms with E-state index in [9.17, 15) is 9.59 Å². The highest BCUT2D eigenvalue weighted by atomic mass is 35.5. The van der Waals surface area contributed by atoms with Gasteiger partial charge in [0.1, 0.15) is 5.75 Å². The third kappa shape index (κ3) is 6.94. The largest absolute Gasteiger partial charge is 0.492 e. The molecule has 0 aliphatic carbocycles. The Morgan fingerprint density at radius 2 is 1.69 bits per heavy atom. The molecule has 5 nitrogen and oxygen atoms in total. The highest BCUT2D eigenvalue weighted by Gasteiger charge is 2.06. The van der Waals surface area contributed by atoms with Crippen molar-refractivity contribution in [1.29, 1.82) is 0 Å². The molecule has 0 saturated carbocycles. The van der Waals surface area contributed by atoms with Gasteiger partial charge in [-0.3, -0.25) is 9.59 Å². The topological polar surface area (TPSA) is 67.4 Å². The van der Waals surface area contributed by atoms with Crippen molar-refractivity contribution >= 4 is 35.0 Å². The Hall–Kier alpha value is -2.24. The second-order valence-electron chi connectivity index (χ2n) is 5.50. The summed E-state index contributed by atoms with van der Waals surface area (Å²) in [5.74, 6) is 0.290. The van der Waals surface area contributed by atoms with Gasteiger partial charge in [0.15, 0.2) is 0 Å². The number of carbonyl (C=O) groups is 2. The van der Waals surface area contributed by atoms with Crippen molar-refractivity contribution < 1.29 is 14.3 Å². The van der Waals surface area contributed by atoms with Gasteiger partial charge in [-0.2, -0.15) is 0 Å². The first-order valence-corrected chi connectivity index (χ1v) is 8.99. The van der Waals surface area contributed by atoms with Crippen LogP contribution in [0.3, 0.4) is 0 Å². The van der Waals surface area contributed by atoms with Gasteiger partial charge in [0, 0.05) is 30.1 Å². The molecule has 0 saturated heterocycles. The van der Waals surface area contributed by atoms with Crippen molar-refractivity contribution in [1.82, 2.24) is 10.6 Å². The van der Waals surface area contributed by atoms with E-state index in [0.29, 0.717) is 53.9 Å². The normalized spacial score (nSPS) is 10.2. The van der Waals surface area contributed by atoms with Crippen LogP contribution in [0.15, 0.2) is 48.5 Å². The van der Waals surface area contributed by atoms with Crippen LogP contribution < -0.4 is 15.4 Å². The van der Waals surface area contributed by atoms with E-state index in [4.69, 9.17) is 27.9 Å². The van der Waals surface area contributed by atoms with Gasteiger partial charge in [-0.15, -0.1) is 0 Å². The van der Waals surface area contributed by atoms with Gasteiger partial charge in [-0.25, -0.2) is 0 Å². The number of rotatable bonds is 9. The molecule has 0 heterocycles. The number of ether oxygens (including phenoxy) is 1. The van der Waals surface area contributed by atoms with E-state index in [-0.39, 0.29) is 11.8 Å². The Morgan fingerprint density at radius 1 is 0.962 bits per heavy atom. The predicted octanol–water partition coefficient (Wildman–Crippen LogP) is 3.70. The van der Waals surface area contributed by atoms with Crippen molar-refractivity contribution in [2.45, 2.75) is 12.8 Å². The Kier molecular flexibility index (Phi) is 8.25. The van der Waals surface area contributed by atoms with Crippen LogP contribution in [0.1, 0.15) is 23.2 Å². The summed E-state index contributed by atoms with van der Waals surface area (Å²) in [5.41, 5.74) is 0.594. The molecule has 0 aromatic heterocycles. The van der Waals surface area contributed by atoms with E-state index >= 15 is 0 Å². The van der Waals surface area contributed by atoms with E-state index in [1.807, 2.05) is 6.07 Å². The first-order valence-electron chi connectivity index (χ1n) is 8.24. The number of carbonyl (C=O) groups excluding carboxylic acids is 2. The molecule has 0 bridgehead atoms. The average Bonchev–Trinajstić information content (AvgIpc) is 2.64. The van der Waals surface area contributed by atoms with Gasteiger partial charge in [0.2, 0.25) is 5.91 Å². The lowest BCUT2D eigenvalue weighted by Gasteiger charge is -2.09. The van der Waals surface area contributed by atoms with Crippen molar-refractivity contribution in [3.05, 3.63) is 64.1 Å². The van der Waals surface area contributed by atoms with Gasteiger partial charge in [-0.05, 0) is 36.8 Å². The molecule has 2 amide bonds. The summed E-state index contributed by atoms with van der Waals surface area (Å²) in [6, 6.07) is 13.9. The first kappa shape index (κ1) is 20.1. The first-order chi connectivity index (χ1) is 12.6. The van der Waals surface area contributed by atoms with Gasteiger partial charge in [0.25, 0.3) is 5.91 Å². The zero-order valence-electron chi connectivity index (χ0n) is 14.1. The third-order valence-electron chi connectivity index (χ3n) is 3.47. The fraction of sp³-hybridized carbons (Fsp3) is 0.263. The van der Waals surface area contributed by atoms with Crippen LogP contribution in [0.2, 0.25) is 10.0 Å². The highest BCUT2D eigenvalue weighted by Crippen LogP contribution is 2.27. The van der Waals surface area contributed by atoms with E-state index in [1.54, 1.807) is 42.5 Å². The molecule has 2 aromatic rings. The molecule has 2 aromatic carbocycles. The van der Waals surface area contributed by atoms with Crippen LogP contribution in [-0.2, 0) is 4.79 Å². The molecule has 26 heavy (non-hydrogen) atoms. The molecule has 0 radical (unpaired) electrons. The number of hydrogen-bond donors (Lipinski definition) is 2. The Morgan fingerprint density at radius 3 is 2.42 bits per heavy atom. The maximum absolute atomic E-state index is 11.8. The molecule has 2 N–H and O–H groups in total. The van der Waals surface area contributed by atoms with Gasteiger partial charge in [-0.1, -0.05) is 41.4 Å². The molecule has 138 valence electrons. The van der Waals surface area contributed by atoms with Crippen LogP contribution in [0.5, 0.6) is 5.75 Å². The smallest absolute Gasteiger partial charge is 0.251 e. The molecule has 0 aliphatic heterocycles. The second kappa shape index (κ2) is 10.7. The minimum Gasteiger partial charge on any atom is -0.492 e. The van der Waals surface area contributed by atoms with E-state index < -0.39 is 0 Å². The van der Waals surface area contributed by atoms with Crippen LogP contribution in [0, 0.1) is 0 Å². The van der Waals surface area contributed by atoms with Crippen LogP contribution in [0.4, 0.5) is 0 Å². The second-order valence-corrected chi connectivity index (χ2v) is 6.34. The predicted molar refractivity (Wildman–Crippen MR) is 103 cm³/mol. The van der Waals surface area contributed by atoms with Crippen molar-refractivity contribution in [2.24, 2.45) is 0 Å². The summed E-state index contributed by atoms with van der Waals surface area (Å²) in [6.07, 6.45) is 0.888. The zero-order valence-corrected chi connectivity index (χ0v) is 15.6. The van der Waals surface area contributed by atoms with Gasteiger partial charge < -0.3 is 15.4 Å². The Bertz CT molecular complexity index is 739. The monoisotopic (exact) mass is 394 g/mol. The number of halogens is 2. The quantitative estimate of drug-likeness (QED) is 0.637. The summed E-state index contributed by atoms with van der Waals surface area (Å²) in [7, 11) is 0. The lowest BCUT2D eigenvalue weighted by Crippen LogP contribution is -2.34. The van der Waals surface area contributed by atoms with Crippen molar-refractivity contribution in [3.8, 4) is 5.75 Å². The lowest BCUT2D eigenvalue weighted by atomic mass is 10.2. The third-order valence-corrected chi connectivity index (χ3v) is 4.00. The molecule has 7 heteroatoms. The standard InChI is InChI=1S/C19H20Cl2N2O3/c20-15-8-9-17(16(21)13-15)26-12-4-7-18(24)22-10-11-23-19(25)14-5-2-1-3-6-14/h1-3,5-6,8-9,13H,4,7,10-12H2,(H,22,24)(H,23,25). The molecule has 0 spiro atoms. The van der Waals surface area contributed by atoms with Gasteiger partial charge in [0.05, 0.1) is 11.6 Å². The van der Waals surface area contributed by atoms with Crippen molar-refractivity contribution in [3.63, 3.8) is 0 Å². The molecule has 0 fully saturated rings. The summed E-state index contributed by atoms with van der Waals surface area (Å²) in [5, 5.41) is 6.49. The minimum atomic E-state index is -0.159. The van der Waals surface area contributed by atoms with E-state index in [2.05, 4.69) is 10.6 Å². The minimum absolute atomic E-state index is 0.0928. The van der Waals surface area contributed by atoms with E-state index in [0.717, 1.165) is 0 Å². The highest BCUT2D eigenvalue weighted by molar-refractivity contribution is 6.35. The summed E-state index contributed by atoms with van der Waals surface area (Å²) in [6.45, 7) is 1.12. The number of amides is 2. The summed E-state index contributed by atoms with van der Waals surface area (Å²) in [4.78, 5) is 23.6. The lowest BCUT2D eigenvalue weighted by molar-refractivity contribution is -0.121. The van der Waals surface area contributed by atoms with Crippen LogP contribution >= 0.6 is 23.2 Å². The molecular weight excluding hydrogens is 375 g/mol. The number of hydrogen-bond acceptors (Lipinski definition) is 3.